The van der Waals surface area contributed by atoms with Crippen molar-refractivity contribution in [1.82, 2.24) is 10.4 Å². The zero-order chi connectivity index (χ0) is 11.0. The number of fused-ring (bicyclic) bond motifs is 1. The van der Waals surface area contributed by atoms with Crippen molar-refractivity contribution in [1.29, 1.82) is 0 Å². The predicted octanol–water partition coefficient (Wildman–Crippen LogP) is 2.38. The molecule has 0 spiro atoms. The number of benzene rings is 1. The van der Waals surface area contributed by atoms with Crippen molar-refractivity contribution in [3.8, 4) is 0 Å². The van der Waals surface area contributed by atoms with Gasteiger partial charge < -0.3 is 0 Å². The molecule has 2 aromatic rings. The molecule has 1 aromatic heterocycles. The van der Waals surface area contributed by atoms with Crippen LogP contribution in [0, 0.1) is 5.82 Å². The number of halogens is 1. The number of nitrogens with one attached hydrogen (secondary N) is 1. The first-order chi connectivity index (χ1) is 7.84. The minimum Gasteiger partial charge on any atom is -0.259 e. The van der Waals surface area contributed by atoms with Crippen LogP contribution in [0.2, 0.25) is 0 Å². The summed E-state index contributed by atoms with van der Waals surface area (Å²) in [4.78, 5) is 4.05. The topological polar surface area (TPSA) is 28.2 Å². The standard InChI is InChI=1S/C12H10FN3/c13-10-5-6-12(14-8-10)16-11-4-2-1-3-9(11)7-15-16/h1-6,8,15H,7H2. The molecule has 2 heterocycles. The largest absolute Gasteiger partial charge is 0.259 e. The van der Waals surface area contributed by atoms with Gasteiger partial charge in [0.05, 0.1) is 11.9 Å². The number of hydrazine groups is 1. The van der Waals surface area contributed by atoms with Crippen molar-refractivity contribution < 1.29 is 4.39 Å². The first-order valence-corrected chi connectivity index (χ1v) is 5.08. The third-order valence-electron chi connectivity index (χ3n) is 2.60. The highest BCUT2D eigenvalue weighted by Crippen LogP contribution is 2.29. The van der Waals surface area contributed by atoms with Gasteiger partial charge >= 0.3 is 0 Å². The normalized spacial score (nSPS) is 13.9. The highest BCUT2D eigenvalue weighted by atomic mass is 19.1. The summed E-state index contributed by atoms with van der Waals surface area (Å²) in [6, 6.07) is 11.1. The number of aromatic nitrogens is 1. The van der Waals surface area contributed by atoms with Crippen molar-refractivity contribution in [2.45, 2.75) is 6.54 Å². The number of anilines is 2. The van der Waals surface area contributed by atoms with Crippen LogP contribution in [0.1, 0.15) is 5.56 Å². The van der Waals surface area contributed by atoms with Crippen LogP contribution in [-0.4, -0.2) is 4.98 Å². The molecule has 0 saturated heterocycles. The quantitative estimate of drug-likeness (QED) is 0.791. The van der Waals surface area contributed by atoms with E-state index < -0.39 is 0 Å². The summed E-state index contributed by atoms with van der Waals surface area (Å²) >= 11 is 0. The van der Waals surface area contributed by atoms with Crippen molar-refractivity contribution in [2.75, 3.05) is 5.01 Å². The van der Waals surface area contributed by atoms with Crippen LogP contribution in [0.25, 0.3) is 0 Å². The summed E-state index contributed by atoms with van der Waals surface area (Å²) in [5, 5.41) is 1.87. The van der Waals surface area contributed by atoms with E-state index in [1.54, 1.807) is 6.07 Å². The van der Waals surface area contributed by atoms with Gasteiger partial charge in [-0.3, -0.25) is 5.01 Å². The number of rotatable bonds is 1. The van der Waals surface area contributed by atoms with Gasteiger partial charge in [-0.05, 0) is 23.8 Å². The molecule has 0 aliphatic carbocycles. The van der Waals surface area contributed by atoms with E-state index in [1.165, 1.54) is 17.8 Å². The molecule has 0 radical (unpaired) electrons. The molecule has 16 heavy (non-hydrogen) atoms. The third-order valence-corrected chi connectivity index (χ3v) is 2.60. The highest BCUT2D eigenvalue weighted by Gasteiger charge is 2.19. The first-order valence-electron chi connectivity index (χ1n) is 5.08. The SMILES string of the molecule is Fc1ccc(N2NCc3ccccc32)nc1. The molecular formula is C12H10FN3. The van der Waals surface area contributed by atoms with Crippen LogP contribution in [-0.2, 0) is 6.54 Å². The van der Waals surface area contributed by atoms with Crippen LogP contribution in [0.15, 0.2) is 42.6 Å². The second-order valence-electron chi connectivity index (χ2n) is 3.63. The first kappa shape index (κ1) is 9.30. The Kier molecular flexibility index (Phi) is 2.08. The highest BCUT2D eigenvalue weighted by molar-refractivity contribution is 5.65. The van der Waals surface area contributed by atoms with Gasteiger partial charge in [0.2, 0.25) is 0 Å². The molecular weight excluding hydrogens is 205 g/mol. The molecule has 0 amide bonds. The number of hydrogen-bond donors (Lipinski definition) is 1. The average molecular weight is 215 g/mol. The Morgan fingerprint density at radius 2 is 2.06 bits per heavy atom. The molecule has 0 fully saturated rings. The fourth-order valence-electron chi connectivity index (χ4n) is 1.83. The average Bonchev–Trinajstić information content (AvgIpc) is 2.74. The second-order valence-corrected chi connectivity index (χ2v) is 3.63. The third kappa shape index (κ3) is 1.44. The summed E-state index contributed by atoms with van der Waals surface area (Å²) in [5.41, 5.74) is 5.49. The summed E-state index contributed by atoms with van der Waals surface area (Å²) in [5.74, 6) is 0.377. The molecule has 1 N–H and O–H groups in total. The van der Waals surface area contributed by atoms with Gasteiger partial charge in [-0.2, -0.15) is 0 Å². The van der Waals surface area contributed by atoms with E-state index in [2.05, 4.69) is 16.5 Å². The van der Waals surface area contributed by atoms with Gasteiger partial charge in [-0.15, -0.1) is 0 Å². The van der Waals surface area contributed by atoms with Crippen molar-refractivity contribution in [3.05, 3.63) is 54.0 Å². The Balaban J connectivity index is 2.01. The molecule has 80 valence electrons. The molecule has 3 nitrogen and oxygen atoms in total. The lowest BCUT2D eigenvalue weighted by molar-refractivity contribution is 0.620. The van der Waals surface area contributed by atoms with Crippen LogP contribution in [0.3, 0.4) is 0 Å². The van der Waals surface area contributed by atoms with E-state index in [0.717, 1.165) is 12.2 Å². The molecule has 1 aromatic carbocycles. The van der Waals surface area contributed by atoms with Crippen LogP contribution < -0.4 is 10.4 Å². The maximum Gasteiger partial charge on any atom is 0.147 e. The smallest absolute Gasteiger partial charge is 0.147 e. The zero-order valence-corrected chi connectivity index (χ0v) is 8.52. The Morgan fingerprint density at radius 3 is 2.88 bits per heavy atom. The van der Waals surface area contributed by atoms with Crippen LogP contribution in [0.5, 0.6) is 0 Å². The predicted molar refractivity (Wildman–Crippen MR) is 59.6 cm³/mol. The van der Waals surface area contributed by atoms with Gasteiger partial charge in [-0.1, -0.05) is 18.2 Å². The van der Waals surface area contributed by atoms with E-state index in [4.69, 9.17) is 0 Å². The summed E-state index contributed by atoms with van der Waals surface area (Å²) < 4.78 is 12.8. The van der Waals surface area contributed by atoms with E-state index in [1.807, 2.05) is 23.2 Å². The lowest BCUT2D eigenvalue weighted by Crippen LogP contribution is -2.27. The van der Waals surface area contributed by atoms with E-state index in [0.29, 0.717) is 5.82 Å². The lowest BCUT2D eigenvalue weighted by Gasteiger charge is -2.17. The molecule has 1 aliphatic rings. The van der Waals surface area contributed by atoms with Crippen molar-refractivity contribution in [3.63, 3.8) is 0 Å². The fourth-order valence-corrected chi connectivity index (χ4v) is 1.83. The second kappa shape index (κ2) is 3.57. The molecule has 0 bridgehead atoms. The number of nitrogens with zero attached hydrogens (tertiary/aromatic N) is 2. The number of pyridine rings is 1. The maximum atomic E-state index is 12.8. The summed E-state index contributed by atoms with van der Waals surface area (Å²) in [6.45, 7) is 0.773. The summed E-state index contributed by atoms with van der Waals surface area (Å²) in [7, 11) is 0. The molecule has 1 aliphatic heterocycles. The van der Waals surface area contributed by atoms with Gasteiger partial charge in [0.15, 0.2) is 0 Å². The van der Waals surface area contributed by atoms with Gasteiger partial charge in [-0.25, -0.2) is 14.8 Å². The fraction of sp³-hybridized carbons (Fsp3) is 0.0833. The Morgan fingerprint density at radius 1 is 1.19 bits per heavy atom. The zero-order valence-electron chi connectivity index (χ0n) is 8.52. The van der Waals surface area contributed by atoms with Gasteiger partial charge in [0.1, 0.15) is 11.6 Å². The minimum atomic E-state index is -0.323. The van der Waals surface area contributed by atoms with Crippen molar-refractivity contribution in [2.24, 2.45) is 0 Å². The Labute approximate surface area is 92.5 Å². The summed E-state index contributed by atoms with van der Waals surface area (Å²) in [6.07, 6.45) is 1.22. The number of para-hydroxylation sites is 1. The Hall–Kier alpha value is -1.94. The van der Waals surface area contributed by atoms with E-state index in [9.17, 15) is 4.39 Å². The minimum absolute atomic E-state index is 0.323. The monoisotopic (exact) mass is 215 g/mol. The molecule has 3 rings (SSSR count). The van der Waals surface area contributed by atoms with Gasteiger partial charge in [0.25, 0.3) is 0 Å². The van der Waals surface area contributed by atoms with Crippen molar-refractivity contribution >= 4 is 11.5 Å². The molecule has 0 atom stereocenters. The van der Waals surface area contributed by atoms with Gasteiger partial charge in [0, 0.05) is 6.54 Å². The maximum absolute atomic E-state index is 12.8. The Bertz CT molecular complexity index is 510. The van der Waals surface area contributed by atoms with E-state index in [-0.39, 0.29) is 5.82 Å². The number of hydrogen-bond acceptors (Lipinski definition) is 3. The van der Waals surface area contributed by atoms with Crippen LogP contribution >= 0.6 is 0 Å². The van der Waals surface area contributed by atoms with E-state index >= 15 is 0 Å². The van der Waals surface area contributed by atoms with Crippen LogP contribution in [0.4, 0.5) is 15.9 Å². The molecule has 0 unspecified atom stereocenters. The lowest BCUT2D eigenvalue weighted by atomic mass is 10.2. The molecule has 4 heteroatoms. The molecule has 0 saturated carbocycles.